The Kier molecular flexibility index (Phi) is 6.83. The molecule has 4 rings (SSSR count). The van der Waals surface area contributed by atoms with Gasteiger partial charge in [0.1, 0.15) is 5.82 Å². The number of benzene rings is 2. The van der Waals surface area contributed by atoms with E-state index in [1.165, 1.54) is 17.0 Å². The minimum Gasteiger partial charge on any atom is -0.331 e. The van der Waals surface area contributed by atoms with Gasteiger partial charge in [0.15, 0.2) is 9.84 Å². The van der Waals surface area contributed by atoms with E-state index in [0.717, 1.165) is 23.1 Å². The van der Waals surface area contributed by atoms with E-state index in [2.05, 4.69) is 4.98 Å². The summed E-state index contributed by atoms with van der Waals surface area (Å²) in [6, 6.07) is 12.7. The maximum atomic E-state index is 13.4. The number of nitrogens with zero attached hydrogens (tertiary/aromatic N) is 2. The van der Waals surface area contributed by atoms with Crippen LogP contribution in [0.15, 0.2) is 78.5 Å². The summed E-state index contributed by atoms with van der Waals surface area (Å²) >= 11 is 0. The van der Waals surface area contributed by atoms with E-state index in [4.69, 9.17) is 0 Å². The molecule has 9 heteroatoms. The number of sulfone groups is 1. The fourth-order valence-corrected chi connectivity index (χ4v) is 5.18. The molecule has 5 nitrogen and oxygen atoms in total. The van der Waals surface area contributed by atoms with Crippen molar-refractivity contribution in [2.75, 3.05) is 5.75 Å². The number of carbonyl (C=O) groups excluding carboxylic acids is 1. The zero-order valence-corrected chi connectivity index (χ0v) is 18.8. The van der Waals surface area contributed by atoms with Gasteiger partial charge in [0.05, 0.1) is 18.2 Å². The molecule has 0 bridgehead atoms. The predicted octanol–water partition coefficient (Wildman–Crippen LogP) is 4.71. The van der Waals surface area contributed by atoms with E-state index < -0.39 is 33.7 Å². The Morgan fingerprint density at radius 3 is 2.35 bits per heavy atom. The molecule has 0 saturated heterocycles. The van der Waals surface area contributed by atoms with Gasteiger partial charge >= 0.3 is 0 Å². The van der Waals surface area contributed by atoms with Crippen LogP contribution in [-0.4, -0.2) is 36.0 Å². The van der Waals surface area contributed by atoms with Gasteiger partial charge in [-0.2, -0.15) is 0 Å². The van der Waals surface area contributed by atoms with Crippen LogP contribution in [0.25, 0.3) is 11.1 Å². The molecule has 0 radical (unpaired) electrons. The van der Waals surface area contributed by atoms with Gasteiger partial charge in [0, 0.05) is 29.9 Å². The van der Waals surface area contributed by atoms with Gasteiger partial charge in [-0.3, -0.25) is 9.78 Å². The van der Waals surface area contributed by atoms with Crippen molar-refractivity contribution < 1.29 is 26.4 Å². The Balaban J connectivity index is 1.54. The maximum absolute atomic E-state index is 13.4. The monoisotopic (exact) mass is 486 g/mol. The molecule has 1 atom stereocenters. The Morgan fingerprint density at radius 1 is 1.03 bits per heavy atom. The smallest absolute Gasteiger partial charge is 0.264 e. The maximum Gasteiger partial charge on any atom is 0.264 e. The van der Waals surface area contributed by atoms with Crippen LogP contribution >= 0.6 is 0 Å². The molecule has 0 fully saturated rings. The second kappa shape index (κ2) is 9.80. The Morgan fingerprint density at radius 2 is 1.74 bits per heavy atom. The van der Waals surface area contributed by atoms with Crippen molar-refractivity contribution in [3.63, 3.8) is 0 Å². The van der Waals surface area contributed by atoms with Crippen LogP contribution in [0.2, 0.25) is 0 Å². The highest BCUT2D eigenvalue weighted by Crippen LogP contribution is 2.32. The largest absolute Gasteiger partial charge is 0.331 e. The molecule has 1 aromatic heterocycles. The third-order valence-electron chi connectivity index (χ3n) is 5.60. The average Bonchev–Trinajstić information content (AvgIpc) is 3.18. The molecule has 34 heavy (non-hydrogen) atoms. The van der Waals surface area contributed by atoms with Crippen molar-refractivity contribution in [3.8, 4) is 11.1 Å². The molecule has 1 aliphatic heterocycles. The van der Waals surface area contributed by atoms with E-state index in [0.29, 0.717) is 11.1 Å². The van der Waals surface area contributed by atoms with Crippen LogP contribution in [0.3, 0.4) is 0 Å². The molecule has 3 aromatic rings. The first-order valence-electron chi connectivity index (χ1n) is 10.5. The molecular formula is C25H21F3N2O3S. The summed E-state index contributed by atoms with van der Waals surface area (Å²) in [5.74, 6) is -1.19. The molecule has 0 aliphatic carbocycles. The Bertz CT molecular complexity index is 1310. The lowest BCUT2D eigenvalue weighted by Gasteiger charge is -2.28. The fourth-order valence-electron chi connectivity index (χ4n) is 3.88. The lowest BCUT2D eigenvalue weighted by atomic mass is 9.98. The molecular weight excluding hydrogens is 465 g/mol. The van der Waals surface area contributed by atoms with Crippen molar-refractivity contribution >= 4 is 15.7 Å². The van der Waals surface area contributed by atoms with Crippen LogP contribution in [0.5, 0.6) is 0 Å². The van der Waals surface area contributed by atoms with E-state index in [9.17, 15) is 26.4 Å². The van der Waals surface area contributed by atoms with E-state index in [1.54, 1.807) is 48.8 Å². The van der Waals surface area contributed by atoms with Crippen molar-refractivity contribution in [2.24, 2.45) is 0 Å². The molecule has 1 aliphatic rings. The number of hydrogen-bond acceptors (Lipinski definition) is 4. The third-order valence-corrected chi connectivity index (χ3v) is 6.98. The highest BCUT2D eigenvalue weighted by atomic mass is 32.2. The van der Waals surface area contributed by atoms with Gasteiger partial charge in [-0.05, 0) is 52.6 Å². The molecule has 0 N–H and O–H groups in total. The SMILES string of the molecule is O=C(Cc1ccc(-c2ccc(F)cc2C(F)F)cc1)N(Cc1ccncc1)C1C=CS(=O)(=O)C1. The lowest BCUT2D eigenvalue weighted by Crippen LogP contribution is -2.41. The second-order valence-corrected chi connectivity index (χ2v) is 9.94. The number of hydrogen-bond donors (Lipinski definition) is 0. The zero-order chi connectivity index (χ0) is 24.3. The first-order valence-corrected chi connectivity index (χ1v) is 12.2. The average molecular weight is 487 g/mol. The molecule has 2 heterocycles. The number of alkyl halides is 2. The van der Waals surface area contributed by atoms with E-state index in [1.807, 2.05) is 0 Å². The van der Waals surface area contributed by atoms with Gasteiger partial charge in [-0.15, -0.1) is 0 Å². The quantitative estimate of drug-likeness (QED) is 0.485. The van der Waals surface area contributed by atoms with Crippen LogP contribution in [0.1, 0.15) is 23.1 Å². The van der Waals surface area contributed by atoms with Crippen LogP contribution in [0.4, 0.5) is 13.2 Å². The topological polar surface area (TPSA) is 67.3 Å². The number of carbonyl (C=O) groups is 1. The highest BCUT2D eigenvalue weighted by molar-refractivity contribution is 7.94. The summed E-state index contributed by atoms with van der Waals surface area (Å²) < 4.78 is 64.0. The Labute approximate surface area is 195 Å². The standard InChI is InChI=1S/C25H21F3N2O3S/c26-20-5-6-22(23(14-20)25(27)28)19-3-1-17(2-4-19)13-24(31)30(15-18-7-10-29-11-8-18)21-9-12-34(32,33)16-21/h1-12,14,21,25H,13,15-16H2. The van der Waals surface area contributed by atoms with Gasteiger partial charge in [0.25, 0.3) is 6.43 Å². The van der Waals surface area contributed by atoms with E-state index >= 15 is 0 Å². The first-order chi connectivity index (χ1) is 16.2. The molecule has 0 spiro atoms. The number of aromatic nitrogens is 1. The first kappa shape index (κ1) is 23.7. The second-order valence-electron chi connectivity index (χ2n) is 8.01. The van der Waals surface area contributed by atoms with Crippen molar-refractivity contribution in [3.05, 3.63) is 101 Å². The summed E-state index contributed by atoms with van der Waals surface area (Å²) in [4.78, 5) is 18.7. The summed E-state index contributed by atoms with van der Waals surface area (Å²) in [7, 11) is -3.36. The number of rotatable bonds is 7. The van der Waals surface area contributed by atoms with Crippen LogP contribution in [-0.2, 0) is 27.6 Å². The molecule has 176 valence electrons. The normalized spacial score (nSPS) is 16.6. The van der Waals surface area contributed by atoms with Gasteiger partial charge in [-0.25, -0.2) is 21.6 Å². The van der Waals surface area contributed by atoms with Crippen molar-refractivity contribution in [1.82, 2.24) is 9.88 Å². The minimum atomic E-state index is -3.36. The summed E-state index contributed by atoms with van der Waals surface area (Å²) in [5.41, 5.74) is 1.74. The fraction of sp³-hybridized carbons (Fsp3) is 0.200. The Hall–Kier alpha value is -3.46. The molecule has 1 unspecified atom stereocenters. The lowest BCUT2D eigenvalue weighted by molar-refractivity contribution is -0.132. The van der Waals surface area contributed by atoms with Gasteiger partial charge < -0.3 is 4.90 Å². The summed E-state index contributed by atoms with van der Waals surface area (Å²) in [6.07, 6.45) is 1.88. The molecule has 1 amide bonds. The molecule has 2 aromatic carbocycles. The summed E-state index contributed by atoms with van der Waals surface area (Å²) in [5, 5.41) is 1.13. The van der Waals surface area contributed by atoms with Crippen molar-refractivity contribution in [2.45, 2.75) is 25.4 Å². The third kappa shape index (κ3) is 5.53. The minimum absolute atomic E-state index is 0.000866. The van der Waals surface area contributed by atoms with Gasteiger partial charge in [-0.1, -0.05) is 30.3 Å². The highest BCUT2D eigenvalue weighted by Gasteiger charge is 2.30. The van der Waals surface area contributed by atoms with E-state index in [-0.39, 0.29) is 30.2 Å². The summed E-state index contributed by atoms with van der Waals surface area (Å²) in [6.45, 7) is 0.220. The van der Waals surface area contributed by atoms with Crippen LogP contribution in [0, 0.1) is 5.82 Å². The van der Waals surface area contributed by atoms with Gasteiger partial charge in [0.2, 0.25) is 5.91 Å². The number of halogens is 3. The zero-order valence-electron chi connectivity index (χ0n) is 17.9. The predicted molar refractivity (Wildman–Crippen MR) is 122 cm³/mol. The van der Waals surface area contributed by atoms with Crippen molar-refractivity contribution in [1.29, 1.82) is 0 Å². The number of amides is 1. The molecule has 0 saturated carbocycles. The van der Waals surface area contributed by atoms with Crippen LogP contribution < -0.4 is 0 Å². The number of pyridine rings is 1.